The standard InChI is InChI=1S/C20H23F4N5O4S/c1-11(8-20(22,23)24)28-19(30)33-15-4-2-12(6-15)13-9-26-18(27-10-13)29-14-3-5-17(16(21)7-14)34(25,31)32/h3,5,7,9-12,15H,2,4,6,8H2,1H3,(H,28,30)(H2,25,31,32)(H,26,27,29)/t11-,12+,15-/m0/s1. The predicted octanol–water partition coefficient (Wildman–Crippen LogP) is 3.71. The largest absolute Gasteiger partial charge is 0.446 e. The summed E-state index contributed by atoms with van der Waals surface area (Å²) in [7, 11) is -4.18. The quantitative estimate of drug-likeness (QED) is 0.488. The first-order valence-electron chi connectivity index (χ1n) is 10.3. The molecule has 1 fully saturated rings. The van der Waals surface area contributed by atoms with E-state index in [2.05, 4.69) is 20.6 Å². The van der Waals surface area contributed by atoms with E-state index >= 15 is 0 Å². The number of alkyl carbamates (subject to hydrolysis) is 1. The molecule has 0 aliphatic heterocycles. The molecule has 0 unspecified atom stereocenters. The fourth-order valence-electron chi connectivity index (χ4n) is 3.69. The fourth-order valence-corrected chi connectivity index (χ4v) is 4.27. The number of benzene rings is 1. The van der Waals surface area contributed by atoms with Crippen LogP contribution in [0.4, 0.5) is 34.0 Å². The molecule has 1 aromatic heterocycles. The zero-order chi connectivity index (χ0) is 25.1. The molecule has 1 aliphatic rings. The molecule has 2 aromatic rings. The van der Waals surface area contributed by atoms with Gasteiger partial charge in [-0.2, -0.15) is 13.2 Å². The third kappa shape index (κ3) is 7.25. The summed E-state index contributed by atoms with van der Waals surface area (Å²) < 4.78 is 78.9. The number of halogens is 4. The van der Waals surface area contributed by atoms with E-state index < -0.39 is 51.6 Å². The van der Waals surface area contributed by atoms with Crippen LogP contribution in [-0.2, 0) is 14.8 Å². The molecular weight excluding hydrogens is 482 g/mol. The van der Waals surface area contributed by atoms with Crippen LogP contribution in [0.5, 0.6) is 0 Å². The highest BCUT2D eigenvalue weighted by Gasteiger charge is 2.32. The van der Waals surface area contributed by atoms with Crippen molar-refractivity contribution in [1.29, 1.82) is 0 Å². The number of hydrogen-bond acceptors (Lipinski definition) is 7. The van der Waals surface area contributed by atoms with Gasteiger partial charge in [0, 0.05) is 24.1 Å². The van der Waals surface area contributed by atoms with Crippen LogP contribution in [0.25, 0.3) is 0 Å². The van der Waals surface area contributed by atoms with Crippen molar-refractivity contribution in [3.05, 3.63) is 42.0 Å². The number of alkyl halides is 3. The van der Waals surface area contributed by atoms with Gasteiger partial charge in [0.25, 0.3) is 0 Å². The summed E-state index contributed by atoms with van der Waals surface area (Å²) in [5, 5.41) is 9.87. The number of nitrogens with one attached hydrogen (secondary N) is 2. The van der Waals surface area contributed by atoms with Gasteiger partial charge in [-0.05, 0) is 55.9 Å². The molecule has 3 rings (SSSR count). The molecule has 9 nitrogen and oxygen atoms in total. The van der Waals surface area contributed by atoms with Gasteiger partial charge in [-0.15, -0.1) is 0 Å². The lowest BCUT2D eigenvalue weighted by molar-refractivity contribution is -0.138. The van der Waals surface area contributed by atoms with Gasteiger partial charge < -0.3 is 15.4 Å². The molecule has 34 heavy (non-hydrogen) atoms. The Hall–Kier alpha value is -3.00. The fraction of sp³-hybridized carbons (Fsp3) is 0.450. The summed E-state index contributed by atoms with van der Waals surface area (Å²) in [6.07, 6.45) is -2.05. The van der Waals surface area contributed by atoms with E-state index in [4.69, 9.17) is 9.88 Å². The van der Waals surface area contributed by atoms with Crippen molar-refractivity contribution in [1.82, 2.24) is 15.3 Å². The van der Waals surface area contributed by atoms with Gasteiger partial charge in [0.1, 0.15) is 16.8 Å². The first-order valence-corrected chi connectivity index (χ1v) is 11.8. The molecule has 0 saturated heterocycles. The molecule has 3 atom stereocenters. The number of nitrogens with two attached hydrogens (primary N) is 1. The van der Waals surface area contributed by atoms with Crippen LogP contribution in [0.2, 0.25) is 0 Å². The smallest absolute Gasteiger partial charge is 0.407 e. The molecule has 14 heteroatoms. The number of anilines is 2. The second-order valence-corrected chi connectivity index (χ2v) is 9.59. The van der Waals surface area contributed by atoms with E-state index in [1.807, 2.05) is 0 Å². The van der Waals surface area contributed by atoms with Gasteiger partial charge in [0.2, 0.25) is 16.0 Å². The Morgan fingerprint density at radius 3 is 2.53 bits per heavy atom. The normalized spacial score (nSPS) is 19.5. The molecule has 186 valence electrons. The summed E-state index contributed by atoms with van der Waals surface area (Å²) in [6.45, 7) is 1.25. The number of amides is 1. The minimum Gasteiger partial charge on any atom is -0.446 e. The summed E-state index contributed by atoms with van der Waals surface area (Å²) in [4.78, 5) is 19.6. The number of sulfonamides is 1. The van der Waals surface area contributed by atoms with Crippen LogP contribution in [0.1, 0.15) is 44.1 Å². The third-order valence-corrected chi connectivity index (χ3v) is 6.14. The molecule has 4 N–H and O–H groups in total. The molecule has 1 aliphatic carbocycles. The highest BCUT2D eigenvalue weighted by molar-refractivity contribution is 7.89. The lowest BCUT2D eigenvalue weighted by atomic mass is 10.0. The number of aromatic nitrogens is 2. The van der Waals surface area contributed by atoms with Crippen LogP contribution in [0.3, 0.4) is 0 Å². The molecule has 1 heterocycles. The Bertz CT molecular complexity index is 1130. The number of nitrogens with zero attached hydrogens (tertiary/aromatic N) is 2. The highest BCUT2D eigenvalue weighted by Crippen LogP contribution is 2.35. The Morgan fingerprint density at radius 1 is 1.26 bits per heavy atom. The van der Waals surface area contributed by atoms with Crippen molar-refractivity contribution in [2.75, 3.05) is 5.32 Å². The van der Waals surface area contributed by atoms with E-state index in [1.54, 1.807) is 12.4 Å². The summed E-state index contributed by atoms with van der Waals surface area (Å²) >= 11 is 0. The molecule has 0 spiro atoms. The maximum Gasteiger partial charge on any atom is 0.407 e. The van der Waals surface area contributed by atoms with Gasteiger partial charge in [-0.25, -0.2) is 32.7 Å². The number of hydrogen-bond donors (Lipinski definition) is 3. The maximum atomic E-state index is 14.0. The van der Waals surface area contributed by atoms with Crippen molar-refractivity contribution in [3.63, 3.8) is 0 Å². The van der Waals surface area contributed by atoms with E-state index in [0.29, 0.717) is 19.3 Å². The van der Waals surface area contributed by atoms with Gasteiger partial charge in [0.15, 0.2) is 0 Å². The Balaban J connectivity index is 1.53. The first-order chi connectivity index (χ1) is 15.8. The monoisotopic (exact) mass is 505 g/mol. The van der Waals surface area contributed by atoms with E-state index in [1.165, 1.54) is 13.0 Å². The summed E-state index contributed by atoms with van der Waals surface area (Å²) in [6, 6.07) is 2.21. The zero-order valence-corrected chi connectivity index (χ0v) is 18.8. The number of carbonyl (C=O) groups excluding carboxylic acids is 1. The molecule has 1 aromatic carbocycles. The van der Waals surface area contributed by atoms with Crippen molar-refractivity contribution in [2.45, 2.75) is 61.7 Å². The zero-order valence-electron chi connectivity index (χ0n) is 18.0. The van der Waals surface area contributed by atoms with Crippen LogP contribution in [0.15, 0.2) is 35.5 Å². The van der Waals surface area contributed by atoms with Crippen LogP contribution in [-0.4, -0.2) is 42.8 Å². The minimum atomic E-state index is -4.38. The lowest BCUT2D eigenvalue weighted by Crippen LogP contribution is -2.37. The minimum absolute atomic E-state index is 0.00839. The molecule has 1 amide bonds. The number of carbonyl (C=O) groups is 1. The maximum absolute atomic E-state index is 14.0. The average molecular weight is 505 g/mol. The number of primary sulfonamides is 1. The Kier molecular flexibility index (Phi) is 7.60. The lowest BCUT2D eigenvalue weighted by Gasteiger charge is -2.18. The summed E-state index contributed by atoms with van der Waals surface area (Å²) in [5.41, 5.74) is 0.996. The third-order valence-electron chi connectivity index (χ3n) is 5.20. The second-order valence-electron chi connectivity index (χ2n) is 8.06. The summed E-state index contributed by atoms with van der Waals surface area (Å²) in [5.74, 6) is -0.876. The van der Waals surface area contributed by atoms with Gasteiger partial charge in [-0.3, -0.25) is 0 Å². The van der Waals surface area contributed by atoms with Crippen molar-refractivity contribution >= 4 is 27.8 Å². The molecular formula is C20H23F4N5O4S. The van der Waals surface area contributed by atoms with E-state index in [9.17, 15) is 30.8 Å². The average Bonchev–Trinajstić information content (AvgIpc) is 3.14. The Labute approximate surface area is 193 Å². The van der Waals surface area contributed by atoms with Crippen molar-refractivity contribution in [2.24, 2.45) is 5.14 Å². The molecule has 0 bridgehead atoms. The van der Waals surface area contributed by atoms with Gasteiger partial charge in [0.05, 0.1) is 6.42 Å². The van der Waals surface area contributed by atoms with Crippen molar-refractivity contribution < 1.29 is 35.5 Å². The number of rotatable bonds is 7. The highest BCUT2D eigenvalue weighted by atomic mass is 32.2. The van der Waals surface area contributed by atoms with Crippen LogP contribution >= 0.6 is 0 Å². The van der Waals surface area contributed by atoms with E-state index in [0.717, 1.165) is 17.7 Å². The SMILES string of the molecule is C[C@@H](CC(F)(F)F)NC(=O)O[C@H]1CC[C@@H](c2cnc(Nc3ccc(S(N)(=O)=O)c(F)c3)nc2)C1. The Morgan fingerprint density at radius 2 is 1.94 bits per heavy atom. The predicted molar refractivity (Wildman–Crippen MR) is 113 cm³/mol. The van der Waals surface area contributed by atoms with E-state index in [-0.39, 0.29) is 17.6 Å². The van der Waals surface area contributed by atoms with Gasteiger partial charge in [-0.1, -0.05) is 0 Å². The van der Waals surface area contributed by atoms with Gasteiger partial charge >= 0.3 is 12.3 Å². The number of ether oxygens (including phenoxy) is 1. The second kappa shape index (κ2) is 10.1. The molecule has 1 saturated carbocycles. The first kappa shape index (κ1) is 25.6. The van der Waals surface area contributed by atoms with Crippen LogP contribution in [0, 0.1) is 5.82 Å². The van der Waals surface area contributed by atoms with Crippen molar-refractivity contribution in [3.8, 4) is 0 Å². The topological polar surface area (TPSA) is 136 Å². The van der Waals surface area contributed by atoms with Crippen LogP contribution < -0.4 is 15.8 Å². The molecule has 0 radical (unpaired) electrons.